The van der Waals surface area contributed by atoms with E-state index < -0.39 is 34.3 Å². The van der Waals surface area contributed by atoms with E-state index in [0.717, 1.165) is 28.8 Å². The van der Waals surface area contributed by atoms with E-state index in [2.05, 4.69) is 5.32 Å². The predicted molar refractivity (Wildman–Crippen MR) is 152 cm³/mol. The molecular formula is C29H33ClFN3O4S. The lowest BCUT2D eigenvalue weighted by atomic mass is 10.1. The minimum atomic E-state index is -4.24. The summed E-state index contributed by atoms with van der Waals surface area (Å²) in [4.78, 5) is 28.1. The first-order valence-electron chi connectivity index (χ1n) is 12.8. The molecule has 39 heavy (non-hydrogen) atoms. The normalized spacial score (nSPS) is 12.0. The molecule has 0 saturated carbocycles. The lowest BCUT2D eigenvalue weighted by Crippen LogP contribution is -2.52. The molecule has 0 bridgehead atoms. The number of nitrogens with zero attached hydrogens (tertiary/aromatic N) is 2. The molecule has 7 nitrogen and oxygen atoms in total. The van der Waals surface area contributed by atoms with Crippen LogP contribution in [0.2, 0.25) is 5.02 Å². The van der Waals surface area contributed by atoms with Crippen molar-refractivity contribution >= 4 is 39.1 Å². The fourth-order valence-corrected chi connectivity index (χ4v) is 5.60. The minimum absolute atomic E-state index is 0.0293. The lowest BCUT2D eigenvalue weighted by Gasteiger charge is -2.32. The molecule has 0 aromatic heterocycles. The molecule has 0 aliphatic heterocycles. The van der Waals surface area contributed by atoms with Crippen molar-refractivity contribution in [2.45, 2.75) is 44.0 Å². The van der Waals surface area contributed by atoms with Gasteiger partial charge in [0.15, 0.2) is 0 Å². The van der Waals surface area contributed by atoms with Gasteiger partial charge in [-0.05, 0) is 55.7 Å². The fourth-order valence-electron chi connectivity index (χ4n) is 3.99. The number of hydrogen-bond donors (Lipinski definition) is 1. The first-order chi connectivity index (χ1) is 18.6. The monoisotopic (exact) mass is 573 g/mol. The summed E-state index contributed by atoms with van der Waals surface area (Å²) in [7, 11) is -4.24. The zero-order valence-electron chi connectivity index (χ0n) is 22.0. The molecule has 0 fully saturated rings. The largest absolute Gasteiger partial charge is 0.354 e. The van der Waals surface area contributed by atoms with Crippen molar-refractivity contribution in [1.29, 1.82) is 0 Å². The van der Waals surface area contributed by atoms with Crippen LogP contribution < -0.4 is 9.62 Å². The van der Waals surface area contributed by atoms with E-state index in [1.807, 2.05) is 37.3 Å². The van der Waals surface area contributed by atoms with Crippen molar-refractivity contribution in [3.05, 3.63) is 95.3 Å². The van der Waals surface area contributed by atoms with Crippen molar-refractivity contribution in [2.75, 3.05) is 23.9 Å². The topological polar surface area (TPSA) is 86.8 Å². The van der Waals surface area contributed by atoms with Crippen molar-refractivity contribution in [2.24, 2.45) is 0 Å². The Hall–Kier alpha value is -3.43. The molecule has 1 atom stereocenters. The SMILES string of the molecule is CCCCNC(=O)C(C)N(CCc1ccccc1)C(=O)CN(c1ccc(F)c(Cl)c1)S(=O)(=O)c1ccccc1. The Balaban J connectivity index is 1.96. The number of anilines is 1. The Labute approximate surface area is 234 Å². The van der Waals surface area contributed by atoms with Gasteiger partial charge in [-0.25, -0.2) is 12.8 Å². The highest BCUT2D eigenvalue weighted by Gasteiger charge is 2.32. The molecule has 1 N–H and O–H groups in total. The van der Waals surface area contributed by atoms with E-state index in [-0.39, 0.29) is 28.1 Å². The molecule has 3 aromatic carbocycles. The number of sulfonamides is 1. The number of benzene rings is 3. The van der Waals surface area contributed by atoms with Crippen LogP contribution in [0.15, 0.2) is 83.8 Å². The predicted octanol–water partition coefficient (Wildman–Crippen LogP) is 5.05. The lowest BCUT2D eigenvalue weighted by molar-refractivity contribution is -0.138. The average Bonchev–Trinajstić information content (AvgIpc) is 2.94. The average molecular weight is 574 g/mol. The number of halogens is 2. The molecule has 2 amide bonds. The van der Waals surface area contributed by atoms with Crippen LogP contribution in [0.25, 0.3) is 0 Å². The van der Waals surface area contributed by atoms with E-state index in [1.165, 1.54) is 29.2 Å². The molecule has 3 rings (SSSR count). The second-order valence-corrected chi connectivity index (χ2v) is 11.3. The van der Waals surface area contributed by atoms with Gasteiger partial charge in [-0.2, -0.15) is 0 Å². The number of amides is 2. The van der Waals surface area contributed by atoms with Crippen LogP contribution in [0.4, 0.5) is 10.1 Å². The third-order valence-corrected chi connectivity index (χ3v) is 8.36. The summed E-state index contributed by atoms with van der Waals surface area (Å²) in [6, 6.07) is 19.7. The Morgan fingerprint density at radius 1 is 1.00 bits per heavy atom. The highest BCUT2D eigenvalue weighted by atomic mass is 35.5. The molecule has 3 aromatic rings. The van der Waals surface area contributed by atoms with E-state index >= 15 is 0 Å². The molecule has 0 heterocycles. The zero-order valence-corrected chi connectivity index (χ0v) is 23.6. The van der Waals surface area contributed by atoms with Gasteiger partial charge < -0.3 is 10.2 Å². The number of nitrogens with one attached hydrogen (secondary N) is 1. The van der Waals surface area contributed by atoms with Crippen LogP contribution in [0.3, 0.4) is 0 Å². The fraction of sp³-hybridized carbons (Fsp3) is 0.310. The molecule has 208 valence electrons. The van der Waals surface area contributed by atoms with Gasteiger partial charge in [-0.1, -0.05) is 73.5 Å². The molecule has 0 spiro atoms. The van der Waals surface area contributed by atoms with Crippen LogP contribution >= 0.6 is 11.6 Å². The maximum absolute atomic E-state index is 13.9. The summed E-state index contributed by atoms with van der Waals surface area (Å²) < 4.78 is 42.2. The molecular weight excluding hydrogens is 541 g/mol. The molecule has 0 radical (unpaired) electrons. The minimum Gasteiger partial charge on any atom is -0.354 e. The third-order valence-electron chi connectivity index (χ3n) is 6.28. The second-order valence-electron chi connectivity index (χ2n) is 9.07. The van der Waals surface area contributed by atoms with Crippen molar-refractivity contribution < 1.29 is 22.4 Å². The van der Waals surface area contributed by atoms with Crippen molar-refractivity contribution in [3.63, 3.8) is 0 Å². The zero-order chi connectivity index (χ0) is 28.4. The molecule has 0 aliphatic rings. The van der Waals surface area contributed by atoms with Gasteiger partial charge in [0.25, 0.3) is 10.0 Å². The van der Waals surface area contributed by atoms with E-state index in [0.29, 0.717) is 13.0 Å². The summed E-state index contributed by atoms with van der Waals surface area (Å²) >= 11 is 5.98. The summed E-state index contributed by atoms with van der Waals surface area (Å²) in [5.41, 5.74) is 0.995. The van der Waals surface area contributed by atoms with Gasteiger partial charge in [0.05, 0.1) is 15.6 Å². The summed E-state index contributed by atoms with van der Waals surface area (Å²) in [6.07, 6.45) is 2.16. The Bertz CT molecular complexity index is 1360. The van der Waals surface area contributed by atoms with Gasteiger partial charge in [-0.15, -0.1) is 0 Å². The van der Waals surface area contributed by atoms with Gasteiger partial charge >= 0.3 is 0 Å². The Kier molecular flexibility index (Phi) is 10.9. The quantitative estimate of drug-likeness (QED) is 0.290. The van der Waals surface area contributed by atoms with Crippen LogP contribution in [0, 0.1) is 5.82 Å². The van der Waals surface area contributed by atoms with Gasteiger partial charge in [0.2, 0.25) is 11.8 Å². The Morgan fingerprint density at radius 2 is 1.64 bits per heavy atom. The van der Waals surface area contributed by atoms with E-state index in [9.17, 15) is 22.4 Å². The van der Waals surface area contributed by atoms with Crippen molar-refractivity contribution in [3.8, 4) is 0 Å². The number of carbonyl (C=O) groups excluding carboxylic acids is 2. The molecule has 0 saturated heterocycles. The number of hydrogen-bond acceptors (Lipinski definition) is 4. The maximum atomic E-state index is 13.9. The molecule has 1 unspecified atom stereocenters. The van der Waals surface area contributed by atoms with E-state index in [4.69, 9.17) is 11.6 Å². The van der Waals surface area contributed by atoms with Gasteiger partial charge in [0.1, 0.15) is 18.4 Å². The van der Waals surface area contributed by atoms with Crippen LogP contribution in [0.5, 0.6) is 0 Å². The first-order valence-corrected chi connectivity index (χ1v) is 14.6. The standard InChI is InChI=1S/C29H33ClFN3O4S/c1-3-4-18-32-29(36)22(2)33(19-17-23-11-7-5-8-12-23)28(35)21-34(24-15-16-27(31)26(30)20-24)39(37,38)25-13-9-6-10-14-25/h5-16,20,22H,3-4,17-19,21H2,1-2H3,(H,32,36). The smallest absolute Gasteiger partial charge is 0.264 e. The van der Waals surface area contributed by atoms with Gasteiger partial charge in [0, 0.05) is 13.1 Å². The summed E-state index contributed by atoms with van der Waals surface area (Å²) in [5.74, 6) is -1.62. The molecule has 10 heteroatoms. The number of carbonyl (C=O) groups is 2. The summed E-state index contributed by atoms with van der Waals surface area (Å²) in [5, 5.41) is 2.57. The van der Waals surface area contributed by atoms with Crippen LogP contribution in [-0.2, 0) is 26.0 Å². The number of rotatable bonds is 13. The van der Waals surface area contributed by atoms with Gasteiger partial charge in [-0.3, -0.25) is 13.9 Å². The second kappa shape index (κ2) is 14.1. The van der Waals surface area contributed by atoms with Crippen LogP contribution in [-0.4, -0.2) is 50.8 Å². The van der Waals surface area contributed by atoms with E-state index in [1.54, 1.807) is 25.1 Å². The highest BCUT2D eigenvalue weighted by molar-refractivity contribution is 7.92. The van der Waals surface area contributed by atoms with Crippen molar-refractivity contribution in [1.82, 2.24) is 10.2 Å². The third kappa shape index (κ3) is 8.03. The molecule has 0 aliphatic carbocycles. The Morgan fingerprint density at radius 3 is 2.26 bits per heavy atom. The first kappa shape index (κ1) is 30.1. The summed E-state index contributed by atoms with van der Waals surface area (Å²) in [6.45, 7) is 3.68. The number of unbranched alkanes of at least 4 members (excludes halogenated alkanes) is 1. The maximum Gasteiger partial charge on any atom is 0.264 e. The highest BCUT2D eigenvalue weighted by Crippen LogP contribution is 2.28. The van der Waals surface area contributed by atoms with Crippen LogP contribution in [0.1, 0.15) is 32.3 Å².